The van der Waals surface area contributed by atoms with Crippen molar-refractivity contribution in [1.29, 1.82) is 0 Å². The number of carbonyl (C=O) groups excluding carboxylic acids is 1. The molecule has 0 spiro atoms. The van der Waals surface area contributed by atoms with Crippen molar-refractivity contribution in [1.82, 2.24) is 0 Å². The minimum absolute atomic E-state index is 0.149. The molecule has 0 fully saturated rings. The molecule has 0 atom stereocenters. The molecule has 0 aliphatic carbocycles. The molecule has 146 heavy (non-hydrogen) atoms. The molecule has 9 aromatic rings. The topological polar surface area (TPSA) is 26.3 Å². The Morgan fingerprint density at radius 1 is 0.185 bits per heavy atom. The van der Waals surface area contributed by atoms with Crippen LogP contribution >= 0.6 is 90.7 Å². The number of rotatable bonds is 98. The summed E-state index contributed by atoms with van der Waals surface area (Å²) in [5.74, 6) is -0.149. The molecule has 0 aliphatic rings. The van der Waals surface area contributed by atoms with Gasteiger partial charge in [-0.05, 0) is 207 Å². The van der Waals surface area contributed by atoms with Gasteiger partial charge in [-0.25, -0.2) is 4.79 Å². The summed E-state index contributed by atoms with van der Waals surface area (Å²) in [4.78, 5) is 37.0. The fourth-order valence-electron chi connectivity index (χ4n) is 22.5. The van der Waals surface area contributed by atoms with Crippen LogP contribution in [0.3, 0.4) is 0 Å². The summed E-state index contributed by atoms with van der Waals surface area (Å²) in [6, 6.07) is 32.0. The minimum Gasteiger partial charge on any atom is -0.457 e. The Bertz CT molecular complexity index is 4620. The van der Waals surface area contributed by atoms with Gasteiger partial charge in [-0.2, -0.15) is 0 Å². The van der Waals surface area contributed by atoms with Crippen LogP contribution in [0.4, 0.5) is 0 Å². The van der Waals surface area contributed by atoms with E-state index in [1.807, 2.05) is 11.3 Å². The lowest BCUT2D eigenvalue weighted by molar-refractivity contribution is 0.0477. The highest BCUT2D eigenvalue weighted by atomic mass is 32.1. The average Bonchev–Trinajstić information content (AvgIpc) is 1.61. The second kappa shape index (κ2) is 82.8. The highest BCUT2D eigenvalue weighted by molar-refractivity contribution is 7.32. The van der Waals surface area contributed by atoms with E-state index in [2.05, 4.69) is 208 Å². The molecule has 0 amide bonds. The normalized spacial score (nSPS) is 11.8. The summed E-state index contributed by atoms with van der Waals surface area (Å²) in [5.41, 5.74) is 13.4. The Hall–Kier alpha value is -3.71. The Kier molecular flexibility index (Phi) is 71.3. The number of thiophene rings is 8. The third-order valence-corrected chi connectivity index (χ3v) is 42.2. The summed E-state index contributed by atoms with van der Waals surface area (Å²) in [6.45, 7) is 19.1. The maximum Gasteiger partial charge on any atom is 0.348 e. The summed E-state index contributed by atoms with van der Waals surface area (Å²) in [7, 11) is 0. The quantitative estimate of drug-likeness (QED) is 0.0281. The number of hydrogen-bond acceptors (Lipinski definition) is 10. The standard InChI is InChI=1S/C136H216O2S8/c1-9-17-25-33-41-49-57-65-73-84-94-113-102-103-139-128(113)121-104-114(95-85-74-66-58-50-42-34-26-18-10-2)129(140-121)122-105-115(96-86-75-67-59-51-43-35-27-19-11-3)130(141-122)123-106-116(97-87-76-68-60-52-44-36-28-20-12-4)131(142-123)124-107-117(98-88-77-69-61-53-45-37-29-21-13-5)132(143-124)125-108-118(99-89-78-70-62-54-46-38-30-22-14-6)133(144-125)126-109-119(100-90-79-71-63-55-47-39-31-23-15-7)134(145-126)127-110-120(101-91-80-72-64-56-48-40-32-24-16-8)135(146-127)136(137)138-111-112-92-82-81-83-93-112/h81-83,92-93,102-110H,9-80,84-91,94-101,111H2,1-8H3. The predicted octanol–water partition coefficient (Wildman–Crippen LogP) is 50.9. The zero-order valence-corrected chi connectivity index (χ0v) is 102. The van der Waals surface area contributed by atoms with Crippen molar-refractivity contribution in [3.63, 3.8) is 0 Å². The highest BCUT2D eigenvalue weighted by Gasteiger charge is 2.29. The second-order valence-corrected chi connectivity index (χ2v) is 53.3. The first-order valence-corrected chi connectivity index (χ1v) is 70.0. The van der Waals surface area contributed by atoms with Crippen molar-refractivity contribution < 1.29 is 9.53 Å². The van der Waals surface area contributed by atoms with Crippen LogP contribution in [0.2, 0.25) is 0 Å². The van der Waals surface area contributed by atoms with Gasteiger partial charge >= 0.3 is 5.97 Å². The van der Waals surface area contributed by atoms with Gasteiger partial charge in [-0.15, -0.1) is 90.7 Å². The van der Waals surface area contributed by atoms with Crippen molar-refractivity contribution in [2.24, 2.45) is 0 Å². The Balaban J connectivity index is 1.16. The zero-order valence-electron chi connectivity index (χ0n) is 95.6. The van der Waals surface area contributed by atoms with E-state index in [1.165, 1.54) is 572 Å². The molecule has 0 unspecified atom stereocenters. The zero-order chi connectivity index (χ0) is 103. The number of carbonyl (C=O) groups is 1. The van der Waals surface area contributed by atoms with E-state index in [9.17, 15) is 4.79 Å². The minimum atomic E-state index is -0.149. The van der Waals surface area contributed by atoms with Crippen LogP contribution < -0.4 is 0 Å². The van der Waals surface area contributed by atoms with Gasteiger partial charge in [-0.3, -0.25) is 0 Å². The molecule has 10 heteroatoms. The first-order valence-electron chi connectivity index (χ1n) is 63.4. The molecule has 0 saturated heterocycles. The van der Waals surface area contributed by atoms with Gasteiger partial charge < -0.3 is 4.74 Å². The van der Waals surface area contributed by atoms with Crippen molar-refractivity contribution >= 4 is 96.7 Å². The van der Waals surface area contributed by atoms with E-state index in [4.69, 9.17) is 4.74 Å². The summed E-state index contributed by atoms with van der Waals surface area (Å²) in [5, 5.41) is 2.44. The predicted molar refractivity (Wildman–Crippen MR) is 667 cm³/mol. The van der Waals surface area contributed by atoms with Gasteiger partial charge in [0.15, 0.2) is 0 Å². The maximum atomic E-state index is 14.9. The van der Waals surface area contributed by atoms with Crippen molar-refractivity contribution in [3.05, 3.63) is 139 Å². The number of aryl methyl sites for hydroxylation is 8. The number of hydrogen-bond donors (Lipinski definition) is 0. The third kappa shape index (κ3) is 50.9. The van der Waals surface area contributed by atoms with E-state index in [-0.39, 0.29) is 5.97 Å². The van der Waals surface area contributed by atoms with Crippen LogP contribution in [-0.2, 0) is 62.7 Å². The third-order valence-electron chi connectivity index (χ3n) is 31.8. The highest BCUT2D eigenvalue weighted by Crippen LogP contribution is 2.55. The number of benzene rings is 1. The lowest BCUT2D eigenvalue weighted by Crippen LogP contribution is -2.05. The van der Waals surface area contributed by atoms with Crippen LogP contribution in [-0.4, -0.2) is 5.97 Å². The molecule has 820 valence electrons. The molecule has 2 nitrogen and oxygen atoms in total. The van der Waals surface area contributed by atoms with Crippen LogP contribution in [0.25, 0.3) is 68.3 Å². The summed E-state index contributed by atoms with van der Waals surface area (Å²) in [6.07, 6.45) is 117. The molecule has 1 aromatic carbocycles. The van der Waals surface area contributed by atoms with E-state index >= 15 is 0 Å². The number of ether oxygens (including phenoxy) is 1. The summed E-state index contributed by atoms with van der Waals surface area (Å²) >= 11 is 16.8. The molecule has 8 aromatic heterocycles. The SMILES string of the molecule is CCCCCCCCCCCCc1cc(-c2sc(-c3sc(-c4sc(-c5sc(-c6sc(-c7sc(-c8sccc8CCCCCCCCCCCC)cc7CCCCCCCCCCCC)cc6CCCCCCCCCCCC)cc5CCCCCCCCCCCC)cc4CCCCCCCCCCCC)cc3CCCCCCCCCCCC)cc2CCCCCCCCCCCC)sc1C(=O)OCc1ccccc1. The Morgan fingerprint density at radius 2 is 0.356 bits per heavy atom. The lowest BCUT2D eigenvalue weighted by Gasteiger charge is -2.06. The van der Waals surface area contributed by atoms with Crippen molar-refractivity contribution in [2.75, 3.05) is 0 Å². The Labute approximate surface area is 932 Å². The van der Waals surface area contributed by atoms with Gasteiger partial charge in [0.1, 0.15) is 11.5 Å². The largest absolute Gasteiger partial charge is 0.457 e. The second-order valence-electron chi connectivity index (χ2n) is 45.0. The van der Waals surface area contributed by atoms with Gasteiger partial charge in [0.2, 0.25) is 0 Å². The first kappa shape index (κ1) is 126. The van der Waals surface area contributed by atoms with E-state index in [0.717, 1.165) is 49.0 Å². The average molecular weight is 2140 g/mol. The molecule has 9 rings (SSSR count). The fraction of sp³-hybridized carbons (Fsp3) is 0.713. The van der Waals surface area contributed by atoms with Crippen molar-refractivity contribution in [3.8, 4) is 68.3 Å². The number of unbranched alkanes of at least 4 members (excludes halogenated alkanes) is 72. The summed E-state index contributed by atoms with van der Waals surface area (Å²) < 4.78 is 6.37. The smallest absolute Gasteiger partial charge is 0.348 e. The molecule has 0 N–H and O–H groups in total. The lowest BCUT2D eigenvalue weighted by atomic mass is 10.0. The van der Waals surface area contributed by atoms with Crippen LogP contribution in [0.5, 0.6) is 0 Å². The van der Waals surface area contributed by atoms with E-state index in [1.54, 1.807) is 78.9 Å². The molecule has 0 radical (unpaired) electrons. The van der Waals surface area contributed by atoms with Crippen LogP contribution in [0, 0.1) is 0 Å². The first-order chi connectivity index (χ1) is 72.2. The van der Waals surface area contributed by atoms with Crippen molar-refractivity contribution in [2.45, 2.75) is 627 Å². The monoisotopic (exact) mass is 2140 g/mol. The van der Waals surface area contributed by atoms with E-state index < -0.39 is 0 Å². The maximum absolute atomic E-state index is 14.9. The fourth-order valence-corrected chi connectivity index (χ4v) is 32.8. The van der Waals surface area contributed by atoms with Gasteiger partial charge in [-0.1, -0.05) is 548 Å². The van der Waals surface area contributed by atoms with Crippen LogP contribution in [0.15, 0.2) is 84.2 Å². The van der Waals surface area contributed by atoms with E-state index in [0.29, 0.717) is 6.61 Å². The van der Waals surface area contributed by atoms with Gasteiger partial charge in [0.25, 0.3) is 0 Å². The Morgan fingerprint density at radius 3 is 0.568 bits per heavy atom. The molecular formula is C136H216O2S8. The molecule has 8 heterocycles. The molecule has 0 aliphatic heterocycles. The van der Waals surface area contributed by atoms with Gasteiger partial charge in [0, 0.05) is 68.3 Å². The van der Waals surface area contributed by atoms with Gasteiger partial charge in [0.05, 0.1) is 0 Å². The number of esters is 1. The van der Waals surface area contributed by atoms with Crippen LogP contribution in [0.1, 0.15) is 629 Å². The molecular weight excluding hydrogens is 1920 g/mol. The molecule has 0 bridgehead atoms. The molecule has 0 saturated carbocycles.